The van der Waals surface area contributed by atoms with Crippen molar-refractivity contribution in [2.24, 2.45) is 0 Å². The van der Waals surface area contributed by atoms with E-state index >= 15 is 0 Å². The molecule has 0 aromatic heterocycles. The summed E-state index contributed by atoms with van der Waals surface area (Å²) >= 11 is 0. The fourth-order valence-corrected chi connectivity index (χ4v) is 6.43. The van der Waals surface area contributed by atoms with Gasteiger partial charge in [-0.25, -0.2) is 17.1 Å². The SMILES string of the molecule is CC(=O)N[C@@H](Cc1cc(F)cc(OC[C@H]2CCC(=O)N2)c1)[C@H](O)[C@@H]1NCCN(S(=O)(=O)c2cccc(C)c2)C1=O. The summed E-state index contributed by atoms with van der Waals surface area (Å²) in [4.78, 5) is 36.7. The summed E-state index contributed by atoms with van der Waals surface area (Å²) in [5, 5.41) is 19.5. The van der Waals surface area contributed by atoms with E-state index in [0.717, 1.165) is 4.31 Å². The maximum atomic E-state index is 14.5. The van der Waals surface area contributed by atoms with Gasteiger partial charge in [0.2, 0.25) is 11.8 Å². The van der Waals surface area contributed by atoms with Gasteiger partial charge in [-0.05, 0) is 55.2 Å². The molecule has 2 aliphatic rings. The number of hydrogen-bond donors (Lipinski definition) is 4. The van der Waals surface area contributed by atoms with Crippen LogP contribution in [-0.2, 0) is 30.8 Å². The lowest BCUT2D eigenvalue weighted by Gasteiger charge is -2.37. The number of amides is 3. The largest absolute Gasteiger partial charge is 0.491 e. The Morgan fingerprint density at radius 3 is 2.70 bits per heavy atom. The van der Waals surface area contributed by atoms with Gasteiger partial charge < -0.3 is 25.8 Å². The average molecular weight is 577 g/mol. The lowest BCUT2D eigenvalue weighted by molar-refractivity contribution is -0.135. The molecule has 4 atom stereocenters. The second-order valence-electron chi connectivity index (χ2n) is 10.1. The van der Waals surface area contributed by atoms with Crippen LogP contribution in [0.1, 0.15) is 30.9 Å². The monoisotopic (exact) mass is 576 g/mol. The van der Waals surface area contributed by atoms with Crippen molar-refractivity contribution < 1.29 is 37.0 Å². The summed E-state index contributed by atoms with van der Waals surface area (Å²) in [6.07, 6.45) is -0.619. The molecule has 0 aliphatic carbocycles. The Morgan fingerprint density at radius 2 is 2.02 bits per heavy atom. The van der Waals surface area contributed by atoms with Crippen LogP contribution in [0.2, 0.25) is 0 Å². The van der Waals surface area contributed by atoms with E-state index in [0.29, 0.717) is 24.0 Å². The Morgan fingerprint density at radius 1 is 1.25 bits per heavy atom. The van der Waals surface area contributed by atoms with E-state index in [9.17, 15) is 32.3 Å². The molecule has 2 heterocycles. The van der Waals surface area contributed by atoms with Crippen LogP contribution in [0.3, 0.4) is 0 Å². The Balaban J connectivity index is 1.51. The molecule has 40 heavy (non-hydrogen) atoms. The molecule has 2 saturated heterocycles. The highest BCUT2D eigenvalue weighted by atomic mass is 32.2. The van der Waals surface area contributed by atoms with Gasteiger partial charge in [-0.2, -0.15) is 0 Å². The first-order chi connectivity index (χ1) is 18.9. The van der Waals surface area contributed by atoms with Crippen LogP contribution in [0, 0.1) is 12.7 Å². The average Bonchev–Trinajstić information content (AvgIpc) is 3.31. The van der Waals surface area contributed by atoms with Crippen molar-refractivity contribution in [3.8, 4) is 5.75 Å². The third-order valence-electron chi connectivity index (χ3n) is 6.83. The maximum Gasteiger partial charge on any atom is 0.266 e. The van der Waals surface area contributed by atoms with Gasteiger partial charge in [0, 0.05) is 32.5 Å². The number of rotatable bonds is 10. The number of hydrogen-bond acceptors (Lipinski definition) is 8. The van der Waals surface area contributed by atoms with E-state index in [4.69, 9.17) is 4.74 Å². The summed E-state index contributed by atoms with van der Waals surface area (Å²) in [5.41, 5.74) is 1.08. The van der Waals surface area contributed by atoms with Crippen LogP contribution in [0.25, 0.3) is 0 Å². The van der Waals surface area contributed by atoms with Crippen LogP contribution < -0.4 is 20.7 Å². The van der Waals surface area contributed by atoms with Crippen molar-refractivity contribution in [2.75, 3.05) is 19.7 Å². The van der Waals surface area contributed by atoms with Crippen molar-refractivity contribution >= 4 is 27.7 Å². The number of halogens is 1. The zero-order chi connectivity index (χ0) is 29.0. The number of nitrogens with one attached hydrogen (secondary N) is 3. The lowest BCUT2D eigenvalue weighted by atomic mass is 9.94. The molecule has 0 saturated carbocycles. The number of ether oxygens (including phenoxy) is 1. The number of nitrogens with zero attached hydrogens (tertiary/aromatic N) is 1. The minimum atomic E-state index is -4.18. The topological polar surface area (TPSA) is 154 Å². The van der Waals surface area contributed by atoms with Crippen LogP contribution in [0.4, 0.5) is 4.39 Å². The van der Waals surface area contributed by atoms with E-state index in [-0.39, 0.29) is 48.7 Å². The number of sulfonamides is 1. The van der Waals surface area contributed by atoms with Gasteiger partial charge in [0.05, 0.1) is 23.1 Å². The molecule has 0 unspecified atom stereocenters. The van der Waals surface area contributed by atoms with Crippen LogP contribution >= 0.6 is 0 Å². The van der Waals surface area contributed by atoms with Crippen molar-refractivity contribution in [3.63, 3.8) is 0 Å². The molecule has 4 N–H and O–H groups in total. The fourth-order valence-electron chi connectivity index (χ4n) is 4.91. The summed E-state index contributed by atoms with van der Waals surface area (Å²) in [7, 11) is -4.18. The normalized spacial score (nSPS) is 21.1. The zero-order valence-corrected chi connectivity index (χ0v) is 23.0. The van der Waals surface area contributed by atoms with Crippen molar-refractivity contribution in [2.45, 2.75) is 62.2 Å². The Kier molecular flexibility index (Phi) is 9.06. The second-order valence-corrected chi connectivity index (χ2v) is 11.9. The highest BCUT2D eigenvalue weighted by Crippen LogP contribution is 2.23. The molecular formula is C27H33FN4O7S. The van der Waals surface area contributed by atoms with Gasteiger partial charge >= 0.3 is 0 Å². The van der Waals surface area contributed by atoms with Gasteiger partial charge in [0.15, 0.2) is 0 Å². The van der Waals surface area contributed by atoms with Crippen LogP contribution in [-0.4, -0.2) is 79.5 Å². The molecule has 13 heteroatoms. The minimum absolute atomic E-state index is 0.0427. The maximum absolute atomic E-state index is 14.5. The minimum Gasteiger partial charge on any atom is -0.491 e. The van der Waals surface area contributed by atoms with E-state index in [1.807, 2.05) is 0 Å². The number of benzene rings is 2. The summed E-state index contributed by atoms with van der Waals surface area (Å²) in [6.45, 7) is 3.08. The van der Waals surface area contributed by atoms with Crippen molar-refractivity contribution in [3.05, 3.63) is 59.4 Å². The van der Waals surface area contributed by atoms with Gasteiger partial charge in [0.25, 0.3) is 15.9 Å². The van der Waals surface area contributed by atoms with Crippen molar-refractivity contribution in [1.82, 2.24) is 20.3 Å². The predicted molar refractivity (Wildman–Crippen MR) is 142 cm³/mol. The lowest BCUT2D eigenvalue weighted by Crippen LogP contribution is -2.64. The summed E-state index contributed by atoms with van der Waals surface area (Å²) < 4.78 is 47.4. The first-order valence-electron chi connectivity index (χ1n) is 13.0. The summed E-state index contributed by atoms with van der Waals surface area (Å²) in [6, 6.07) is 7.52. The van der Waals surface area contributed by atoms with Crippen molar-refractivity contribution in [1.29, 1.82) is 0 Å². The molecule has 2 fully saturated rings. The van der Waals surface area contributed by atoms with Gasteiger partial charge in [-0.15, -0.1) is 0 Å². The van der Waals surface area contributed by atoms with E-state index in [1.165, 1.54) is 31.2 Å². The molecule has 3 amide bonds. The Hall–Kier alpha value is -3.55. The molecule has 216 valence electrons. The van der Waals surface area contributed by atoms with E-state index < -0.39 is 45.8 Å². The smallest absolute Gasteiger partial charge is 0.266 e. The Bertz CT molecular complexity index is 1390. The number of aryl methyl sites for hydroxylation is 1. The molecule has 2 aromatic carbocycles. The summed E-state index contributed by atoms with van der Waals surface area (Å²) in [5.74, 6) is -1.84. The molecule has 2 aromatic rings. The standard InChI is InChI=1S/C27H33FN4O7S/c1-16-4-3-5-22(10-16)40(37,38)32-9-8-29-25(27(32)36)26(35)23(30-17(2)33)13-18-11-19(28)14-21(12-18)39-15-20-6-7-24(34)31-20/h3-5,10-12,14,20,23,25-26,29,35H,6-9,13,15H2,1-2H3,(H,30,33)(H,31,34)/t20-,23+,25+,26+/m1/s1. The second kappa shape index (κ2) is 12.3. The van der Waals surface area contributed by atoms with E-state index in [2.05, 4.69) is 16.0 Å². The third kappa shape index (κ3) is 6.95. The van der Waals surface area contributed by atoms with Gasteiger partial charge in [-0.1, -0.05) is 12.1 Å². The first-order valence-corrected chi connectivity index (χ1v) is 14.4. The van der Waals surface area contributed by atoms with Crippen LogP contribution in [0.15, 0.2) is 47.4 Å². The first kappa shape index (κ1) is 29.4. The number of piperazine rings is 1. The third-order valence-corrected chi connectivity index (χ3v) is 8.63. The van der Waals surface area contributed by atoms with Gasteiger partial charge in [-0.3, -0.25) is 14.4 Å². The molecule has 0 spiro atoms. The molecule has 11 nitrogen and oxygen atoms in total. The molecule has 0 bridgehead atoms. The predicted octanol–water partition coefficient (Wildman–Crippen LogP) is 0.389. The number of aliphatic hydroxyl groups is 1. The molecule has 2 aliphatic heterocycles. The fraction of sp³-hybridized carbons (Fsp3) is 0.444. The highest BCUT2D eigenvalue weighted by Gasteiger charge is 2.42. The van der Waals surface area contributed by atoms with Crippen LogP contribution in [0.5, 0.6) is 5.75 Å². The highest BCUT2D eigenvalue weighted by molar-refractivity contribution is 7.89. The number of carbonyl (C=O) groups excluding carboxylic acids is 3. The Labute approximate surface area is 232 Å². The van der Waals surface area contributed by atoms with Gasteiger partial charge in [0.1, 0.15) is 24.2 Å². The number of aliphatic hydroxyl groups excluding tert-OH is 1. The molecular weight excluding hydrogens is 543 g/mol. The van der Waals surface area contributed by atoms with E-state index in [1.54, 1.807) is 25.1 Å². The number of carbonyl (C=O) groups is 3. The zero-order valence-electron chi connectivity index (χ0n) is 22.2. The molecule has 0 radical (unpaired) electrons. The quantitative estimate of drug-likeness (QED) is 0.317. The molecule has 4 rings (SSSR count).